The molecule has 0 heterocycles. The molecule has 0 aliphatic heterocycles. The molecule has 0 amide bonds. The fraction of sp³-hybridized carbons (Fsp3) is 0.188. The third kappa shape index (κ3) is 5.26. The highest BCUT2D eigenvalue weighted by atomic mass is 32.2. The number of sulfonamides is 1. The summed E-state index contributed by atoms with van der Waals surface area (Å²) in [6.07, 6.45) is 0.214. The second-order valence-corrected chi connectivity index (χ2v) is 6.97. The van der Waals surface area contributed by atoms with Crippen molar-refractivity contribution in [2.24, 2.45) is 0 Å². The van der Waals surface area contributed by atoms with Gasteiger partial charge in [-0.1, -0.05) is 24.3 Å². The van der Waals surface area contributed by atoms with Gasteiger partial charge in [0.2, 0.25) is 10.0 Å². The van der Waals surface area contributed by atoms with Crippen molar-refractivity contribution in [2.45, 2.75) is 11.3 Å². The van der Waals surface area contributed by atoms with Gasteiger partial charge in [-0.3, -0.25) is 10.1 Å². The van der Waals surface area contributed by atoms with Crippen molar-refractivity contribution in [3.05, 3.63) is 64.2 Å². The van der Waals surface area contributed by atoms with Crippen molar-refractivity contribution >= 4 is 21.7 Å². The largest absolute Gasteiger partial charge is 0.479 e. The summed E-state index contributed by atoms with van der Waals surface area (Å²) in [5.74, 6) is -1.41. The van der Waals surface area contributed by atoms with Gasteiger partial charge in [-0.2, -0.15) is 0 Å². The Hall–Kier alpha value is -2.98. The average molecular weight is 380 g/mol. The Morgan fingerprint density at radius 3 is 2.50 bits per heavy atom. The molecule has 138 valence electrons. The summed E-state index contributed by atoms with van der Waals surface area (Å²) < 4.78 is 31.5. The van der Waals surface area contributed by atoms with Gasteiger partial charge in [0.05, 0.1) is 9.82 Å². The number of nitro benzene ring substituents is 1. The highest BCUT2D eigenvalue weighted by Crippen LogP contribution is 2.28. The molecule has 0 atom stereocenters. The molecule has 2 aromatic carbocycles. The van der Waals surface area contributed by atoms with Gasteiger partial charge >= 0.3 is 11.7 Å². The van der Waals surface area contributed by atoms with Crippen LogP contribution in [0.3, 0.4) is 0 Å². The van der Waals surface area contributed by atoms with E-state index in [0.29, 0.717) is 5.56 Å². The smallest absolute Gasteiger partial charge is 0.341 e. The minimum absolute atomic E-state index is 0.0453. The van der Waals surface area contributed by atoms with Gasteiger partial charge in [0, 0.05) is 12.6 Å². The van der Waals surface area contributed by atoms with Crippen LogP contribution in [0.1, 0.15) is 5.56 Å². The van der Waals surface area contributed by atoms with E-state index in [1.54, 1.807) is 18.2 Å². The van der Waals surface area contributed by atoms with Crippen LogP contribution in [0.4, 0.5) is 5.69 Å². The molecule has 0 spiro atoms. The van der Waals surface area contributed by atoms with Crippen LogP contribution in [-0.2, 0) is 21.2 Å². The zero-order valence-electron chi connectivity index (χ0n) is 13.5. The molecular weight excluding hydrogens is 364 g/mol. The van der Waals surface area contributed by atoms with Gasteiger partial charge in [0.1, 0.15) is 0 Å². The van der Waals surface area contributed by atoms with Gasteiger partial charge in [-0.25, -0.2) is 17.9 Å². The lowest BCUT2D eigenvalue weighted by Crippen LogP contribution is -2.25. The summed E-state index contributed by atoms with van der Waals surface area (Å²) in [6, 6.07) is 11.9. The lowest BCUT2D eigenvalue weighted by atomic mass is 10.1. The molecular formula is C16H16N2O7S. The van der Waals surface area contributed by atoms with Crippen LogP contribution in [0.25, 0.3) is 0 Å². The number of nitrogens with one attached hydrogen (secondary N) is 1. The van der Waals surface area contributed by atoms with E-state index in [1.807, 2.05) is 0 Å². The number of ether oxygens (including phenoxy) is 1. The Morgan fingerprint density at radius 1 is 1.19 bits per heavy atom. The van der Waals surface area contributed by atoms with Crippen LogP contribution in [-0.4, -0.2) is 37.6 Å². The van der Waals surface area contributed by atoms with Crippen LogP contribution < -0.4 is 9.46 Å². The summed E-state index contributed by atoms with van der Waals surface area (Å²) in [4.78, 5) is 21.1. The van der Waals surface area contributed by atoms with Gasteiger partial charge < -0.3 is 9.84 Å². The number of carbonyl (C=O) groups is 1. The van der Waals surface area contributed by atoms with Crippen molar-refractivity contribution in [3.63, 3.8) is 0 Å². The Morgan fingerprint density at radius 2 is 1.88 bits per heavy atom. The fourth-order valence-electron chi connectivity index (χ4n) is 2.14. The first-order valence-electron chi connectivity index (χ1n) is 7.46. The molecule has 2 N–H and O–H groups in total. The molecule has 0 fully saturated rings. The quantitative estimate of drug-likeness (QED) is 0.498. The van der Waals surface area contributed by atoms with E-state index < -0.39 is 27.5 Å². The van der Waals surface area contributed by atoms with Gasteiger partial charge in [-0.15, -0.1) is 0 Å². The van der Waals surface area contributed by atoms with Crippen molar-refractivity contribution in [3.8, 4) is 5.75 Å². The summed E-state index contributed by atoms with van der Waals surface area (Å²) in [5, 5.41) is 19.7. The van der Waals surface area contributed by atoms with E-state index in [1.165, 1.54) is 30.3 Å². The van der Waals surface area contributed by atoms with Crippen LogP contribution >= 0.6 is 0 Å². The average Bonchev–Trinajstić information content (AvgIpc) is 2.61. The number of hydrogen-bond acceptors (Lipinski definition) is 6. The van der Waals surface area contributed by atoms with Crippen molar-refractivity contribution < 1.29 is 28.0 Å². The van der Waals surface area contributed by atoms with Crippen LogP contribution in [0.5, 0.6) is 5.75 Å². The van der Waals surface area contributed by atoms with E-state index in [0.717, 1.165) is 0 Å². The number of nitrogens with zero attached hydrogens (tertiary/aromatic N) is 1. The molecule has 2 rings (SSSR count). The number of benzene rings is 2. The third-order valence-corrected chi connectivity index (χ3v) is 4.81. The monoisotopic (exact) mass is 380 g/mol. The number of rotatable bonds is 9. The molecule has 0 aliphatic rings. The predicted octanol–water partition coefficient (Wildman–Crippen LogP) is 1.58. The molecule has 0 aliphatic carbocycles. The summed E-state index contributed by atoms with van der Waals surface area (Å²) in [6.45, 7) is -0.652. The van der Waals surface area contributed by atoms with Crippen LogP contribution in [0.2, 0.25) is 0 Å². The molecule has 0 aromatic heterocycles. The maximum atomic E-state index is 12.1. The number of carboxylic acids is 1. The number of hydrogen-bond donors (Lipinski definition) is 2. The first-order valence-corrected chi connectivity index (χ1v) is 8.94. The lowest BCUT2D eigenvalue weighted by Gasteiger charge is -2.08. The molecule has 26 heavy (non-hydrogen) atoms. The highest BCUT2D eigenvalue weighted by Gasteiger charge is 2.18. The van der Waals surface area contributed by atoms with Crippen LogP contribution in [0, 0.1) is 10.1 Å². The topological polar surface area (TPSA) is 136 Å². The summed E-state index contributed by atoms with van der Waals surface area (Å²) in [7, 11) is -3.66. The Bertz CT molecular complexity index is 898. The lowest BCUT2D eigenvalue weighted by molar-refractivity contribution is -0.385. The summed E-state index contributed by atoms with van der Waals surface area (Å²) in [5.41, 5.74) is 0.129. The molecule has 0 saturated carbocycles. The minimum atomic E-state index is -3.66. The number of nitro groups is 1. The number of carboxylic acid groups (broad SMARTS) is 1. The van der Waals surface area contributed by atoms with E-state index in [9.17, 15) is 23.3 Å². The second-order valence-electron chi connectivity index (χ2n) is 5.20. The van der Waals surface area contributed by atoms with Gasteiger partial charge in [0.15, 0.2) is 12.4 Å². The maximum absolute atomic E-state index is 12.1. The SMILES string of the molecule is O=C(O)COc1ccc(CCNS(=O)(=O)c2ccccc2)cc1[N+](=O)[O-]. The Balaban J connectivity index is 2.04. The molecule has 0 bridgehead atoms. The van der Waals surface area contributed by atoms with Crippen molar-refractivity contribution in [2.75, 3.05) is 13.2 Å². The molecule has 0 radical (unpaired) electrons. The molecule has 0 saturated heterocycles. The molecule has 0 unspecified atom stereocenters. The Kier molecular flexibility index (Phi) is 6.26. The van der Waals surface area contributed by atoms with E-state index in [4.69, 9.17) is 9.84 Å². The zero-order valence-corrected chi connectivity index (χ0v) is 14.3. The van der Waals surface area contributed by atoms with E-state index in [2.05, 4.69) is 4.72 Å². The molecule has 2 aromatic rings. The zero-order chi connectivity index (χ0) is 19.2. The summed E-state index contributed by atoms with van der Waals surface area (Å²) >= 11 is 0. The van der Waals surface area contributed by atoms with Gasteiger partial charge in [-0.05, 0) is 30.2 Å². The molecule has 10 heteroatoms. The number of aliphatic carboxylic acids is 1. The fourth-order valence-corrected chi connectivity index (χ4v) is 3.19. The first-order chi connectivity index (χ1) is 12.3. The Labute approximate surface area is 149 Å². The normalized spacial score (nSPS) is 11.1. The predicted molar refractivity (Wildman–Crippen MR) is 91.6 cm³/mol. The third-order valence-electron chi connectivity index (χ3n) is 3.33. The van der Waals surface area contributed by atoms with E-state index >= 15 is 0 Å². The van der Waals surface area contributed by atoms with Gasteiger partial charge in [0.25, 0.3) is 0 Å². The highest BCUT2D eigenvalue weighted by molar-refractivity contribution is 7.89. The van der Waals surface area contributed by atoms with Crippen molar-refractivity contribution in [1.29, 1.82) is 0 Å². The molecule has 9 nitrogen and oxygen atoms in total. The van der Waals surface area contributed by atoms with E-state index in [-0.39, 0.29) is 29.3 Å². The first kappa shape index (κ1) is 19.3. The minimum Gasteiger partial charge on any atom is -0.479 e. The standard InChI is InChI=1S/C16H16N2O7S/c19-16(20)11-25-15-7-6-12(10-14(15)18(21)22)8-9-17-26(23,24)13-4-2-1-3-5-13/h1-7,10,17H,8-9,11H2,(H,19,20). The maximum Gasteiger partial charge on any atom is 0.341 e. The van der Waals surface area contributed by atoms with Crippen molar-refractivity contribution in [1.82, 2.24) is 4.72 Å². The van der Waals surface area contributed by atoms with Crippen LogP contribution in [0.15, 0.2) is 53.4 Å². The second kappa shape index (κ2) is 8.41.